The molecule has 0 radical (unpaired) electrons. The zero-order valence-electron chi connectivity index (χ0n) is 15.0. The summed E-state index contributed by atoms with van der Waals surface area (Å²) < 4.78 is 0. The molecule has 4 nitrogen and oxygen atoms in total. The molecular weight excluding hydrogens is 310 g/mol. The Balaban J connectivity index is 1.45. The topological polar surface area (TPSA) is 44.4 Å². The Kier molecular flexibility index (Phi) is 5.71. The fourth-order valence-electron chi connectivity index (χ4n) is 3.24. The molecule has 0 aromatic heterocycles. The predicted molar refractivity (Wildman–Crippen MR) is 103 cm³/mol. The van der Waals surface area contributed by atoms with Crippen molar-refractivity contribution in [3.63, 3.8) is 0 Å². The molecule has 2 N–H and O–H groups in total. The second kappa shape index (κ2) is 8.17. The van der Waals surface area contributed by atoms with E-state index < -0.39 is 0 Å². The van der Waals surface area contributed by atoms with Crippen molar-refractivity contribution >= 4 is 11.7 Å². The van der Waals surface area contributed by atoms with Crippen LogP contribution in [-0.2, 0) is 6.54 Å². The number of nitrogens with zero attached hydrogens (tertiary/aromatic N) is 1. The van der Waals surface area contributed by atoms with Crippen molar-refractivity contribution in [2.45, 2.75) is 38.8 Å². The van der Waals surface area contributed by atoms with Crippen LogP contribution >= 0.6 is 0 Å². The monoisotopic (exact) mass is 337 g/mol. The lowest BCUT2D eigenvalue weighted by Gasteiger charge is -2.17. The van der Waals surface area contributed by atoms with Crippen LogP contribution in [0, 0.1) is 0 Å². The number of likely N-dealkylation sites (tertiary alicyclic amines) is 1. The number of carbonyl (C=O) groups excluding carboxylic acids is 1. The van der Waals surface area contributed by atoms with Gasteiger partial charge in [-0.25, -0.2) is 4.79 Å². The van der Waals surface area contributed by atoms with Gasteiger partial charge in [0, 0.05) is 31.4 Å². The highest BCUT2D eigenvalue weighted by Crippen LogP contribution is 2.17. The molecule has 1 aliphatic heterocycles. The summed E-state index contributed by atoms with van der Waals surface area (Å²) in [6, 6.07) is 18.6. The Hall–Kier alpha value is -2.33. The van der Waals surface area contributed by atoms with Crippen molar-refractivity contribution in [3.8, 4) is 0 Å². The van der Waals surface area contributed by atoms with Crippen LogP contribution < -0.4 is 10.6 Å². The quantitative estimate of drug-likeness (QED) is 0.858. The molecule has 25 heavy (non-hydrogen) atoms. The van der Waals surface area contributed by atoms with Crippen LogP contribution in [0.1, 0.15) is 37.3 Å². The van der Waals surface area contributed by atoms with Crippen molar-refractivity contribution in [1.29, 1.82) is 0 Å². The second-order valence-corrected chi connectivity index (χ2v) is 7.08. The van der Waals surface area contributed by atoms with E-state index in [0.717, 1.165) is 31.7 Å². The minimum absolute atomic E-state index is 0.121. The number of benzene rings is 2. The number of hydrogen-bond acceptors (Lipinski definition) is 2. The lowest BCUT2D eigenvalue weighted by atomic mass is 10.0. The molecule has 1 fully saturated rings. The van der Waals surface area contributed by atoms with Crippen molar-refractivity contribution < 1.29 is 4.79 Å². The van der Waals surface area contributed by atoms with E-state index in [1.165, 1.54) is 11.1 Å². The third kappa shape index (κ3) is 5.07. The normalized spacial score (nSPS) is 17.6. The Labute approximate surface area is 150 Å². The summed E-state index contributed by atoms with van der Waals surface area (Å²) in [6.45, 7) is 7.18. The molecule has 1 atom stereocenters. The van der Waals surface area contributed by atoms with E-state index in [4.69, 9.17) is 0 Å². The van der Waals surface area contributed by atoms with Crippen LogP contribution in [0.4, 0.5) is 10.5 Å². The Morgan fingerprint density at radius 2 is 1.84 bits per heavy atom. The van der Waals surface area contributed by atoms with Gasteiger partial charge in [0.2, 0.25) is 0 Å². The Morgan fingerprint density at radius 1 is 1.12 bits per heavy atom. The van der Waals surface area contributed by atoms with Gasteiger partial charge < -0.3 is 10.6 Å². The highest BCUT2D eigenvalue weighted by molar-refractivity contribution is 5.89. The van der Waals surface area contributed by atoms with Crippen LogP contribution in [0.2, 0.25) is 0 Å². The summed E-state index contributed by atoms with van der Waals surface area (Å²) in [4.78, 5) is 14.6. The molecule has 1 unspecified atom stereocenters. The van der Waals surface area contributed by atoms with Gasteiger partial charge in [0.25, 0.3) is 0 Å². The fraction of sp³-hybridized carbons (Fsp3) is 0.381. The maximum absolute atomic E-state index is 12.2. The second-order valence-electron chi connectivity index (χ2n) is 7.08. The van der Waals surface area contributed by atoms with Crippen molar-refractivity contribution in [2.75, 3.05) is 18.4 Å². The van der Waals surface area contributed by atoms with E-state index in [1.54, 1.807) is 0 Å². The van der Waals surface area contributed by atoms with Crippen LogP contribution in [0.25, 0.3) is 0 Å². The smallest absolute Gasteiger partial charge is 0.319 e. The summed E-state index contributed by atoms with van der Waals surface area (Å²) in [5.41, 5.74) is 3.43. The molecule has 0 saturated carbocycles. The maximum Gasteiger partial charge on any atom is 0.319 e. The van der Waals surface area contributed by atoms with Crippen LogP contribution in [-0.4, -0.2) is 30.1 Å². The molecule has 1 heterocycles. The number of hydrogen-bond donors (Lipinski definition) is 2. The van der Waals surface area contributed by atoms with Gasteiger partial charge in [-0.05, 0) is 35.6 Å². The summed E-state index contributed by atoms with van der Waals surface area (Å²) in [7, 11) is 0. The van der Waals surface area contributed by atoms with E-state index in [9.17, 15) is 4.79 Å². The summed E-state index contributed by atoms with van der Waals surface area (Å²) in [5, 5.41) is 6.02. The number of anilines is 1. The lowest BCUT2D eigenvalue weighted by molar-refractivity contribution is 0.247. The Bertz CT molecular complexity index is 682. The minimum Gasteiger partial charge on any atom is -0.334 e. The van der Waals surface area contributed by atoms with E-state index in [2.05, 4.69) is 65.8 Å². The SMILES string of the molecule is CC(C)c1ccc(NC(=O)NC2CCN(Cc3ccccc3)C2)cc1. The first-order valence-electron chi connectivity index (χ1n) is 9.04. The zero-order chi connectivity index (χ0) is 17.6. The van der Waals surface area contributed by atoms with E-state index in [0.29, 0.717) is 5.92 Å². The molecule has 2 aromatic carbocycles. The first-order chi connectivity index (χ1) is 12.1. The number of rotatable bonds is 5. The highest BCUT2D eigenvalue weighted by atomic mass is 16.2. The predicted octanol–water partition coefficient (Wildman–Crippen LogP) is 4.21. The molecule has 1 saturated heterocycles. The summed E-state index contributed by atoms with van der Waals surface area (Å²) in [6.07, 6.45) is 0.993. The van der Waals surface area contributed by atoms with Gasteiger partial charge in [-0.1, -0.05) is 56.3 Å². The maximum atomic E-state index is 12.2. The molecule has 3 rings (SSSR count). The van der Waals surface area contributed by atoms with Gasteiger partial charge in [0.15, 0.2) is 0 Å². The summed E-state index contributed by atoms with van der Waals surface area (Å²) in [5.74, 6) is 0.497. The van der Waals surface area contributed by atoms with Gasteiger partial charge in [-0.3, -0.25) is 4.90 Å². The number of amides is 2. The average Bonchev–Trinajstić information content (AvgIpc) is 3.03. The average molecular weight is 337 g/mol. The number of urea groups is 1. The molecule has 0 bridgehead atoms. The van der Waals surface area contributed by atoms with E-state index >= 15 is 0 Å². The first kappa shape index (κ1) is 17.5. The van der Waals surface area contributed by atoms with E-state index in [1.807, 2.05) is 18.2 Å². The number of carbonyl (C=O) groups is 1. The van der Waals surface area contributed by atoms with E-state index in [-0.39, 0.29) is 12.1 Å². The van der Waals surface area contributed by atoms with Crippen LogP contribution in [0.3, 0.4) is 0 Å². The van der Waals surface area contributed by atoms with Crippen molar-refractivity contribution in [1.82, 2.24) is 10.2 Å². The molecule has 1 aliphatic rings. The minimum atomic E-state index is -0.121. The van der Waals surface area contributed by atoms with Crippen molar-refractivity contribution in [2.24, 2.45) is 0 Å². The molecule has 132 valence electrons. The Morgan fingerprint density at radius 3 is 2.52 bits per heavy atom. The number of nitrogens with one attached hydrogen (secondary N) is 2. The van der Waals surface area contributed by atoms with Gasteiger partial charge in [-0.15, -0.1) is 0 Å². The van der Waals surface area contributed by atoms with Crippen molar-refractivity contribution in [3.05, 3.63) is 65.7 Å². The largest absolute Gasteiger partial charge is 0.334 e. The molecule has 0 aliphatic carbocycles. The molecule has 0 spiro atoms. The van der Waals surface area contributed by atoms with Crippen LogP contribution in [0.5, 0.6) is 0 Å². The molecule has 2 aromatic rings. The van der Waals surface area contributed by atoms with Gasteiger partial charge in [-0.2, -0.15) is 0 Å². The van der Waals surface area contributed by atoms with Gasteiger partial charge in [0.1, 0.15) is 0 Å². The molecule has 2 amide bonds. The van der Waals surface area contributed by atoms with Gasteiger partial charge in [0.05, 0.1) is 0 Å². The lowest BCUT2D eigenvalue weighted by Crippen LogP contribution is -2.39. The molecule has 4 heteroatoms. The fourth-order valence-corrected chi connectivity index (χ4v) is 3.24. The van der Waals surface area contributed by atoms with Gasteiger partial charge >= 0.3 is 6.03 Å². The standard InChI is InChI=1S/C21H27N3O/c1-16(2)18-8-10-19(11-9-18)22-21(25)23-20-12-13-24(15-20)14-17-6-4-3-5-7-17/h3-11,16,20H,12-15H2,1-2H3,(H2,22,23,25). The first-order valence-corrected chi connectivity index (χ1v) is 9.04. The third-order valence-corrected chi connectivity index (χ3v) is 4.69. The zero-order valence-corrected chi connectivity index (χ0v) is 15.0. The highest BCUT2D eigenvalue weighted by Gasteiger charge is 2.23. The summed E-state index contributed by atoms with van der Waals surface area (Å²) >= 11 is 0. The third-order valence-electron chi connectivity index (χ3n) is 4.69. The van der Waals surface area contributed by atoms with Crippen LogP contribution in [0.15, 0.2) is 54.6 Å². The molecular formula is C21H27N3O.